The van der Waals surface area contributed by atoms with Gasteiger partial charge in [0.1, 0.15) is 5.82 Å². The fourth-order valence-corrected chi connectivity index (χ4v) is 3.00. The molecule has 1 aromatic heterocycles. The lowest BCUT2D eigenvalue weighted by Gasteiger charge is -2.12. The standard InChI is InChI=1S/C24H22FN7/c1-16-12-13-21(17(2)14-16)28-23-29-22(27-19-9-4-3-5-10-19)30-24(31-23)32-26-15-18-8-6-7-11-20(18)25/h3-15H,1-2H3,(H3,27,28,29,30,31,32). The molecule has 0 aliphatic rings. The van der Waals surface area contributed by atoms with Gasteiger partial charge in [0.15, 0.2) is 0 Å². The van der Waals surface area contributed by atoms with Crippen molar-refractivity contribution in [2.75, 3.05) is 16.1 Å². The monoisotopic (exact) mass is 427 g/mol. The van der Waals surface area contributed by atoms with Crippen LogP contribution in [0.5, 0.6) is 0 Å². The van der Waals surface area contributed by atoms with E-state index in [0.717, 1.165) is 16.9 Å². The van der Waals surface area contributed by atoms with Gasteiger partial charge in [-0.25, -0.2) is 9.82 Å². The largest absolute Gasteiger partial charge is 0.324 e. The van der Waals surface area contributed by atoms with Crippen molar-refractivity contribution in [2.45, 2.75) is 13.8 Å². The molecule has 0 radical (unpaired) electrons. The number of benzene rings is 3. The zero-order valence-electron chi connectivity index (χ0n) is 17.7. The summed E-state index contributed by atoms with van der Waals surface area (Å²) < 4.78 is 13.8. The van der Waals surface area contributed by atoms with Crippen LogP contribution < -0.4 is 16.1 Å². The van der Waals surface area contributed by atoms with Crippen LogP contribution in [0.15, 0.2) is 77.9 Å². The molecule has 1 heterocycles. The number of hydrogen-bond acceptors (Lipinski definition) is 7. The van der Waals surface area contributed by atoms with E-state index in [-0.39, 0.29) is 11.8 Å². The smallest absolute Gasteiger partial charge is 0.250 e. The highest BCUT2D eigenvalue weighted by molar-refractivity contribution is 5.80. The van der Waals surface area contributed by atoms with Crippen LogP contribution in [0, 0.1) is 19.7 Å². The van der Waals surface area contributed by atoms with Gasteiger partial charge in [0.25, 0.3) is 0 Å². The van der Waals surface area contributed by atoms with E-state index in [9.17, 15) is 4.39 Å². The second-order valence-electron chi connectivity index (χ2n) is 7.13. The zero-order valence-corrected chi connectivity index (χ0v) is 17.7. The molecule has 4 aromatic rings. The Morgan fingerprint density at radius 2 is 1.47 bits per heavy atom. The molecule has 0 saturated heterocycles. The average molecular weight is 427 g/mol. The van der Waals surface area contributed by atoms with Crippen LogP contribution in [0.1, 0.15) is 16.7 Å². The Morgan fingerprint density at radius 1 is 0.781 bits per heavy atom. The highest BCUT2D eigenvalue weighted by Crippen LogP contribution is 2.22. The van der Waals surface area contributed by atoms with E-state index < -0.39 is 0 Å². The third kappa shape index (κ3) is 5.42. The van der Waals surface area contributed by atoms with Gasteiger partial charge in [0.2, 0.25) is 17.8 Å². The van der Waals surface area contributed by atoms with Crippen molar-refractivity contribution >= 4 is 35.4 Å². The quantitative estimate of drug-likeness (QED) is 0.264. The molecular formula is C24H22FN7. The summed E-state index contributed by atoms with van der Waals surface area (Å²) in [7, 11) is 0. The van der Waals surface area contributed by atoms with Crippen LogP contribution in [-0.2, 0) is 0 Å². The van der Waals surface area contributed by atoms with Gasteiger partial charge >= 0.3 is 0 Å². The Balaban J connectivity index is 1.61. The van der Waals surface area contributed by atoms with Crippen molar-refractivity contribution in [1.82, 2.24) is 15.0 Å². The SMILES string of the molecule is Cc1ccc(Nc2nc(NN=Cc3ccccc3F)nc(Nc3ccccc3)n2)c(C)c1. The van der Waals surface area contributed by atoms with E-state index in [2.05, 4.69) is 42.2 Å². The predicted octanol–water partition coefficient (Wildman–Crippen LogP) is 5.56. The number of nitrogens with zero attached hydrogens (tertiary/aromatic N) is 4. The molecule has 0 spiro atoms. The minimum Gasteiger partial charge on any atom is -0.324 e. The molecule has 32 heavy (non-hydrogen) atoms. The van der Waals surface area contributed by atoms with Crippen LogP contribution in [0.3, 0.4) is 0 Å². The van der Waals surface area contributed by atoms with Crippen molar-refractivity contribution in [3.8, 4) is 0 Å². The van der Waals surface area contributed by atoms with Crippen molar-refractivity contribution in [3.63, 3.8) is 0 Å². The molecule has 0 aliphatic carbocycles. The fraction of sp³-hybridized carbons (Fsp3) is 0.0833. The van der Waals surface area contributed by atoms with E-state index in [1.807, 2.05) is 56.3 Å². The number of anilines is 5. The first-order valence-corrected chi connectivity index (χ1v) is 10.0. The fourth-order valence-electron chi connectivity index (χ4n) is 3.00. The van der Waals surface area contributed by atoms with Gasteiger partial charge in [-0.15, -0.1) is 0 Å². The maximum absolute atomic E-state index is 13.8. The number of hydrazone groups is 1. The Hall–Kier alpha value is -4.33. The molecule has 3 N–H and O–H groups in total. The highest BCUT2D eigenvalue weighted by Gasteiger charge is 2.09. The molecular weight excluding hydrogens is 405 g/mol. The molecule has 0 unspecified atom stereocenters. The molecule has 0 amide bonds. The van der Waals surface area contributed by atoms with Gasteiger partial charge in [-0.05, 0) is 43.7 Å². The number of halogens is 1. The Bertz CT molecular complexity index is 1240. The number of aryl methyl sites for hydroxylation is 2. The molecule has 0 atom stereocenters. The zero-order chi connectivity index (χ0) is 22.3. The molecule has 3 aromatic carbocycles. The summed E-state index contributed by atoms with van der Waals surface area (Å²) in [5.41, 5.74) is 7.05. The predicted molar refractivity (Wildman–Crippen MR) is 126 cm³/mol. The number of aromatic nitrogens is 3. The van der Waals surface area contributed by atoms with Gasteiger partial charge in [0, 0.05) is 16.9 Å². The van der Waals surface area contributed by atoms with Crippen molar-refractivity contribution in [1.29, 1.82) is 0 Å². The maximum Gasteiger partial charge on any atom is 0.250 e. The summed E-state index contributed by atoms with van der Waals surface area (Å²) in [6.07, 6.45) is 1.38. The second kappa shape index (κ2) is 9.65. The van der Waals surface area contributed by atoms with Crippen LogP contribution in [0.25, 0.3) is 0 Å². The third-order valence-electron chi connectivity index (χ3n) is 4.57. The van der Waals surface area contributed by atoms with E-state index in [1.54, 1.807) is 18.2 Å². The molecule has 7 nitrogen and oxygen atoms in total. The van der Waals surface area contributed by atoms with Gasteiger partial charge in [0.05, 0.1) is 6.21 Å². The second-order valence-corrected chi connectivity index (χ2v) is 7.13. The van der Waals surface area contributed by atoms with Crippen molar-refractivity contribution < 1.29 is 4.39 Å². The Morgan fingerprint density at radius 3 is 2.22 bits per heavy atom. The summed E-state index contributed by atoms with van der Waals surface area (Å²) in [5.74, 6) is 0.520. The number of hydrogen-bond donors (Lipinski definition) is 3. The first-order valence-electron chi connectivity index (χ1n) is 10.0. The molecule has 4 rings (SSSR count). The normalized spacial score (nSPS) is 10.8. The molecule has 160 valence electrons. The summed E-state index contributed by atoms with van der Waals surface area (Å²) in [6, 6.07) is 22.0. The van der Waals surface area contributed by atoms with Crippen LogP contribution in [0.2, 0.25) is 0 Å². The molecule has 8 heteroatoms. The third-order valence-corrected chi connectivity index (χ3v) is 4.57. The number of nitrogens with one attached hydrogen (secondary N) is 3. The molecule has 0 bridgehead atoms. The van der Waals surface area contributed by atoms with Gasteiger partial charge in [-0.3, -0.25) is 0 Å². The van der Waals surface area contributed by atoms with Crippen molar-refractivity contribution in [3.05, 3.63) is 95.3 Å². The van der Waals surface area contributed by atoms with E-state index in [0.29, 0.717) is 17.5 Å². The van der Waals surface area contributed by atoms with Gasteiger partial charge < -0.3 is 10.6 Å². The van der Waals surface area contributed by atoms with E-state index >= 15 is 0 Å². The number of rotatable bonds is 7. The minimum absolute atomic E-state index is 0.207. The topological polar surface area (TPSA) is 87.1 Å². The lowest BCUT2D eigenvalue weighted by Crippen LogP contribution is -2.07. The average Bonchev–Trinajstić information content (AvgIpc) is 2.78. The Kier molecular flexibility index (Phi) is 6.31. The summed E-state index contributed by atoms with van der Waals surface area (Å²) in [6.45, 7) is 4.05. The summed E-state index contributed by atoms with van der Waals surface area (Å²) >= 11 is 0. The van der Waals surface area contributed by atoms with Gasteiger partial charge in [-0.1, -0.05) is 54.1 Å². The maximum atomic E-state index is 13.8. The van der Waals surface area contributed by atoms with E-state index in [1.165, 1.54) is 17.8 Å². The van der Waals surface area contributed by atoms with Crippen molar-refractivity contribution in [2.24, 2.45) is 5.10 Å². The number of para-hydroxylation sites is 1. The molecule has 0 fully saturated rings. The van der Waals surface area contributed by atoms with Crippen LogP contribution in [0.4, 0.5) is 33.6 Å². The molecule has 0 aliphatic heterocycles. The van der Waals surface area contributed by atoms with Crippen LogP contribution >= 0.6 is 0 Å². The highest BCUT2D eigenvalue weighted by atomic mass is 19.1. The first kappa shape index (κ1) is 20.9. The van der Waals surface area contributed by atoms with Gasteiger partial charge in [-0.2, -0.15) is 20.1 Å². The minimum atomic E-state index is -0.364. The molecule has 0 saturated carbocycles. The lowest BCUT2D eigenvalue weighted by molar-refractivity contribution is 0.626. The lowest BCUT2D eigenvalue weighted by atomic mass is 10.1. The summed E-state index contributed by atoms with van der Waals surface area (Å²) in [5, 5.41) is 10.5. The van der Waals surface area contributed by atoms with E-state index in [4.69, 9.17) is 0 Å². The summed E-state index contributed by atoms with van der Waals surface area (Å²) in [4.78, 5) is 13.2. The first-order chi connectivity index (χ1) is 15.6. The Labute approximate surface area is 185 Å². The van der Waals surface area contributed by atoms with Crippen LogP contribution in [-0.4, -0.2) is 21.2 Å².